The molecule has 1 atom stereocenters. The van der Waals surface area contributed by atoms with Crippen LogP contribution in [0.4, 0.5) is 5.69 Å². The second-order valence-corrected chi connectivity index (χ2v) is 9.45. The van der Waals surface area contributed by atoms with Crippen LogP contribution in [0.2, 0.25) is 0 Å². The molecule has 0 saturated carbocycles. The topological polar surface area (TPSA) is 105 Å². The van der Waals surface area contributed by atoms with Crippen LogP contribution in [0.5, 0.6) is 11.5 Å². The minimum atomic E-state index is -3.89. The van der Waals surface area contributed by atoms with E-state index in [1.54, 1.807) is 19.1 Å². The van der Waals surface area contributed by atoms with E-state index >= 15 is 0 Å². The zero-order chi connectivity index (χ0) is 24.8. The van der Waals surface area contributed by atoms with Crippen LogP contribution < -0.4 is 19.1 Å². The maximum Gasteiger partial charge on any atom is 0.244 e. The van der Waals surface area contributed by atoms with Gasteiger partial charge in [0, 0.05) is 19.7 Å². The van der Waals surface area contributed by atoms with E-state index in [9.17, 15) is 18.0 Å². The summed E-state index contributed by atoms with van der Waals surface area (Å²) in [5, 5.41) is 2.55. The Balaban J connectivity index is 2.49. The Kier molecular flexibility index (Phi) is 8.69. The zero-order valence-electron chi connectivity index (χ0n) is 19.8. The van der Waals surface area contributed by atoms with E-state index in [1.165, 1.54) is 32.2 Å². The highest BCUT2D eigenvalue weighted by atomic mass is 32.2. The number of sulfonamides is 1. The molecule has 2 aromatic rings. The fourth-order valence-corrected chi connectivity index (χ4v) is 4.19. The molecule has 2 aromatic carbocycles. The minimum absolute atomic E-state index is 0.146. The third-order valence-electron chi connectivity index (χ3n) is 5.35. The summed E-state index contributed by atoms with van der Waals surface area (Å²) in [6.45, 7) is 3.14. The van der Waals surface area contributed by atoms with Crippen LogP contribution in [0.25, 0.3) is 0 Å². The number of carbonyl (C=O) groups excluding carboxylic acids is 2. The van der Waals surface area contributed by atoms with Crippen molar-refractivity contribution in [1.82, 2.24) is 10.2 Å². The Morgan fingerprint density at radius 1 is 1.09 bits per heavy atom. The quantitative estimate of drug-likeness (QED) is 0.561. The molecule has 1 N–H and O–H groups in total. The third-order valence-corrected chi connectivity index (χ3v) is 6.48. The predicted octanol–water partition coefficient (Wildman–Crippen LogP) is 1.94. The number of nitrogens with one attached hydrogen (secondary N) is 1. The number of rotatable bonds is 10. The number of ether oxygens (including phenoxy) is 2. The molecule has 2 rings (SSSR count). The number of hydrogen-bond acceptors (Lipinski definition) is 6. The summed E-state index contributed by atoms with van der Waals surface area (Å²) < 4.78 is 36.9. The first-order valence-electron chi connectivity index (χ1n) is 10.3. The molecule has 0 heterocycles. The summed E-state index contributed by atoms with van der Waals surface area (Å²) in [6, 6.07) is 11.4. The van der Waals surface area contributed by atoms with Crippen LogP contribution in [-0.2, 0) is 26.2 Å². The van der Waals surface area contributed by atoms with E-state index in [1.807, 2.05) is 31.2 Å². The number of aryl methyl sites for hydroxylation is 1. The molecule has 10 heteroatoms. The highest BCUT2D eigenvalue weighted by Gasteiger charge is 2.31. The Bertz CT molecular complexity index is 1100. The van der Waals surface area contributed by atoms with Crippen LogP contribution in [0.1, 0.15) is 18.1 Å². The first-order valence-corrected chi connectivity index (χ1v) is 12.1. The van der Waals surface area contributed by atoms with Crippen molar-refractivity contribution >= 4 is 27.5 Å². The lowest BCUT2D eigenvalue weighted by Gasteiger charge is -2.32. The van der Waals surface area contributed by atoms with Gasteiger partial charge in [0.2, 0.25) is 21.8 Å². The van der Waals surface area contributed by atoms with Crippen molar-refractivity contribution < 1.29 is 27.5 Å². The fourth-order valence-electron chi connectivity index (χ4n) is 3.35. The van der Waals surface area contributed by atoms with Crippen molar-refractivity contribution in [3.8, 4) is 11.5 Å². The number of likely N-dealkylation sites (N-methyl/N-ethyl adjacent to an activating group) is 1. The fraction of sp³-hybridized carbons (Fsp3) is 0.391. The highest BCUT2D eigenvalue weighted by Crippen LogP contribution is 2.34. The number of benzene rings is 2. The molecule has 0 bridgehead atoms. The van der Waals surface area contributed by atoms with Gasteiger partial charge in [0.1, 0.15) is 24.1 Å². The van der Waals surface area contributed by atoms with E-state index in [0.717, 1.165) is 21.7 Å². The van der Waals surface area contributed by atoms with Gasteiger partial charge < -0.3 is 19.7 Å². The van der Waals surface area contributed by atoms with E-state index in [-0.39, 0.29) is 23.9 Å². The minimum Gasteiger partial charge on any atom is -0.497 e. The molecule has 0 aliphatic heterocycles. The first-order chi connectivity index (χ1) is 15.5. The standard InChI is InChI=1S/C23H31N3O6S/c1-16-9-7-8-10-18(16)14-25(17(2)23(28)24-3)22(27)15-26(33(6,29)30)20-13-19(31-4)11-12-21(20)32-5/h7-13,17H,14-15H2,1-6H3,(H,24,28)/t17-/m1/s1. The van der Waals surface area contributed by atoms with Gasteiger partial charge >= 0.3 is 0 Å². The molecule has 9 nitrogen and oxygen atoms in total. The van der Waals surface area contributed by atoms with Gasteiger partial charge in [-0.05, 0) is 37.1 Å². The lowest BCUT2D eigenvalue weighted by Crippen LogP contribution is -2.50. The summed E-state index contributed by atoms with van der Waals surface area (Å²) >= 11 is 0. The average molecular weight is 478 g/mol. The smallest absolute Gasteiger partial charge is 0.244 e. The van der Waals surface area contributed by atoms with Crippen molar-refractivity contribution in [3.63, 3.8) is 0 Å². The van der Waals surface area contributed by atoms with Crippen molar-refractivity contribution in [2.24, 2.45) is 0 Å². The molecule has 0 aliphatic rings. The van der Waals surface area contributed by atoms with Gasteiger partial charge in [0.15, 0.2) is 0 Å². The third kappa shape index (κ3) is 6.38. The van der Waals surface area contributed by atoms with Gasteiger partial charge in [-0.15, -0.1) is 0 Å². The molecule has 0 spiro atoms. The van der Waals surface area contributed by atoms with E-state index in [2.05, 4.69) is 5.32 Å². The summed E-state index contributed by atoms with van der Waals surface area (Å²) in [5.41, 5.74) is 1.97. The largest absolute Gasteiger partial charge is 0.497 e. The van der Waals surface area contributed by atoms with Crippen molar-refractivity contribution in [2.45, 2.75) is 26.4 Å². The molecule has 0 saturated heterocycles. The van der Waals surface area contributed by atoms with Gasteiger partial charge in [-0.2, -0.15) is 0 Å². The van der Waals surface area contributed by atoms with Crippen molar-refractivity contribution in [3.05, 3.63) is 53.6 Å². The molecule has 0 aliphatic carbocycles. The monoisotopic (exact) mass is 477 g/mol. The molecule has 0 fully saturated rings. The van der Waals surface area contributed by atoms with Crippen LogP contribution >= 0.6 is 0 Å². The highest BCUT2D eigenvalue weighted by molar-refractivity contribution is 7.92. The van der Waals surface area contributed by atoms with E-state index in [4.69, 9.17) is 9.47 Å². The van der Waals surface area contributed by atoms with Gasteiger partial charge in [-0.3, -0.25) is 13.9 Å². The Labute approximate surface area is 195 Å². The molecule has 33 heavy (non-hydrogen) atoms. The van der Waals surface area contributed by atoms with Gasteiger partial charge in [0.25, 0.3) is 0 Å². The second-order valence-electron chi connectivity index (χ2n) is 7.55. The Morgan fingerprint density at radius 2 is 1.76 bits per heavy atom. The van der Waals surface area contributed by atoms with Crippen LogP contribution in [0.15, 0.2) is 42.5 Å². The lowest BCUT2D eigenvalue weighted by molar-refractivity contribution is -0.139. The summed E-state index contributed by atoms with van der Waals surface area (Å²) in [4.78, 5) is 27.2. The van der Waals surface area contributed by atoms with Crippen LogP contribution in [0.3, 0.4) is 0 Å². The normalized spacial score (nSPS) is 11.9. The Hall–Kier alpha value is -3.27. The van der Waals surface area contributed by atoms with Crippen LogP contribution in [0, 0.1) is 6.92 Å². The second kappa shape index (κ2) is 11.0. The molecular formula is C23H31N3O6S. The van der Waals surface area contributed by atoms with Crippen molar-refractivity contribution in [1.29, 1.82) is 0 Å². The Morgan fingerprint density at radius 3 is 2.30 bits per heavy atom. The summed E-state index contributed by atoms with van der Waals surface area (Å²) in [5.74, 6) is -0.229. The van der Waals surface area contributed by atoms with E-state index in [0.29, 0.717) is 5.75 Å². The number of amides is 2. The van der Waals surface area contributed by atoms with Gasteiger partial charge in [-0.25, -0.2) is 8.42 Å². The average Bonchev–Trinajstić information content (AvgIpc) is 2.79. The molecule has 2 amide bonds. The molecule has 0 radical (unpaired) electrons. The number of nitrogens with zero attached hydrogens (tertiary/aromatic N) is 2. The number of methoxy groups -OCH3 is 2. The zero-order valence-corrected chi connectivity index (χ0v) is 20.6. The SMILES string of the molecule is CNC(=O)[C@@H](C)N(Cc1ccccc1C)C(=O)CN(c1cc(OC)ccc1OC)S(C)(=O)=O. The van der Waals surface area contributed by atoms with Gasteiger partial charge in [-0.1, -0.05) is 24.3 Å². The van der Waals surface area contributed by atoms with Gasteiger partial charge in [0.05, 0.1) is 26.2 Å². The van der Waals surface area contributed by atoms with Crippen LogP contribution in [-0.4, -0.2) is 65.2 Å². The molecular weight excluding hydrogens is 446 g/mol. The first kappa shape index (κ1) is 26.0. The summed E-state index contributed by atoms with van der Waals surface area (Å²) in [7, 11) is 0.462. The number of carbonyl (C=O) groups is 2. The predicted molar refractivity (Wildman–Crippen MR) is 127 cm³/mol. The molecule has 180 valence electrons. The number of anilines is 1. The number of hydrogen-bond donors (Lipinski definition) is 1. The van der Waals surface area contributed by atoms with E-state index < -0.39 is 28.5 Å². The lowest BCUT2D eigenvalue weighted by atomic mass is 10.1. The molecule has 0 unspecified atom stereocenters. The maximum absolute atomic E-state index is 13.5. The van der Waals surface area contributed by atoms with Crippen molar-refractivity contribution in [2.75, 3.05) is 38.4 Å². The molecule has 0 aromatic heterocycles. The summed E-state index contributed by atoms with van der Waals surface area (Å²) in [6.07, 6.45) is 1.01. The maximum atomic E-state index is 13.5.